The lowest BCUT2D eigenvalue weighted by Gasteiger charge is -2.40. The van der Waals surface area contributed by atoms with Gasteiger partial charge in [-0.3, -0.25) is 4.90 Å². The van der Waals surface area contributed by atoms with Gasteiger partial charge in [-0.1, -0.05) is 30.3 Å². The number of alkyl carbamates (subject to hydrolysis) is 1. The van der Waals surface area contributed by atoms with E-state index in [1.54, 1.807) is 33.2 Å². The highest BCUT2D eigenvalue weighted by Crippen LogP contribution is 2.33. The molecule has 0 aliphatic carbocycles. The molecule has 0 radical (unpaired) electrons. The van der Waals surface area contributed by atoms with Gasteiger partial charge in [0, 0.05) is 31.5 Å². The second kappa shape index (κ2) is 9.30. The Bertz CT molecular complexity index is 862. The monoisotopic (exact) mass is 438 g/mol. The first-order valence-corrected chi connectivity index (χ1v) is 10.4. The normalized spacial score (nSPS) is 20.5. The van der Waals surface area contributed by atoms with Crippen LogP contribution in [-0.2, 0) is 17.8 Å². The third-order valence-corrected chi connectivity index (χ3v) is 5.12. The van der Waals surface area contributed by atoms with E-state index in [-0.39, 0.29) is 25.9 Å². The van der Waals surface area contributed by atoms with Crippen molar-refractivity contribution in [2.75, 3.05) is 6.54 Å². The van der Waals surface area contributed by atoms with Crippen LogP contribution in [0.1, 0.15) is 45.0 Å². The SMILES string of the molecule is CC(C)(C)OC(=O)NC1CCC(C(F)(F)F)N(Cc2nccn2Cc2ccccc2)C1. The Labute approximate surface area is 180 Å². The quantitative estimate of drug-likeness (QED) is 0.754. The number of aromatic nitrogens is 2. The largest absolute Gasteiger partial charge is 0.444 e. The molecule has 3 rings (SSSR count). The highest BCUT2D eigenvalue weighted by molar-refractivity contribution is 5.68. The zero-order valence-electron chi connectivity index (χ0n) is 18.0. The van der Waals surface area contributed by atoms with E-state index < -0.39 is 30.0 Å². The van der Waals surface area contributed by atoms with Crippen LogP contribution in [0.25, 0.3) is 0 Å². The summed E-state index contributed by atoms with van der Waals surface area (Å²) in [5.41, 5.74) is 0.368. The molecule has 0 spiro atoms. The van der Waals surface area contributed by atoms with Gasteiger partial charge in [-0.15, -0.1) is 0 Å². The highest BCUT2D eigenvalue weighted by atomic mass is 19.4. The smallest absolute Gasteiger partial charge is 0.407 e. The summed E-state index contributed by atoms with van der Waals surface area (Å²) in [6.07, 6.45) is -1.46. The molecule has 1 saturated heterocycles. The average Bonchev–Trinajstić information content (AvgIpc) is 3.07. The number of nitrogens with one attached hydrogen (secondary N) is 1. The van der Waals surface area contributed by atoms with E-state index in [0.29, 0.717) is 12.4 Å². The predicted octanol–water partition coefficient (Wildman–Crippen LogP) is 4.35. The number of amides is 1. The summed E-state index contributed by atoms with van der Waals surface area (Å²) in [5.74, 6) is 0.552. The van der Waals surface area contributed by atoms with Crippen LogP contribution in [-0.4, -0.2) is 51.0 Å². The summed E-state index contributed by atoms with van der Waals surface area (Å²) >= 11 is 0. The van der Waals surface area contributed by atoms with Gasteiger partial charge in [0.05, 0.1) is 6.54 Å². The van der Waals surface area contributed by atoms with E-state index in [4.69, 9.17) is 4.74 Å². The van der Waals surface area contributed by atoms with E-state index in [1.807, 2.05) is 34.9 Å². The lowest BCUT2D eigenvalue weighted by atomic mass is 9.97. The van der Waals surface area contributed by atoms with E-state index in [9.17, 15) is 18.0 Å². The second-order valence-corrected chi connectivity index (χ2v) is 8.86. The van der Waals surface area contributed by atoms with Crippen molar-refractivity contribution in [3.8, 4) is 0 Å². The third kappa shape index (κ3) is 6.72. The van der Waals surface area contributed by atoms with Crippen LogP contribution in [0.3, 0.4) is 0 Å². The van der Waals surface area contributed by atoms with Gasteiger partial charge >= 0.3 is 12.3 Å². The van der Waals surface area contributed by atoms with Crippen molar-refractivity contribution in [2.45, 2.75) is 70.6 Å². The molecular weight excluding hydrogens is 409 g/mol. The van der Waals surface area contributed by atoms with Crippen LogP contribution < -0.4 is 5.32 Å². The fourth-order valence-electron chi connectivity index (χ4n) is 3.78. The lowest BCUT2D eigenvalue weighted by Crippen LogP contribution is -2.56. The fourth-order valence-corrected chi connectivity index (χ4v) is 3.78. The molecule has 1 aliphatic rings. The van der Waals surface area contributed by atoms with Gasteiger partial charge in [0.25, 0.3) is 0 Å². The van der Waals surface area contributed by atoms with Gasteiger partial charge in [-0.25, -0.2) is 9.78 Å². The Hall–Kier alpha value is -2.55. The summed E-state index contributed by atoms with van der Waals surface area (Å²) in [5, 5.41) is 2.71. The Morgan fingerprint density at radius 3 is 2.52 bits per heavy atom. The Morgan fingerprint density at radius 1 is 1.16 bits per heavy atom. The van der Waals surface area contributed by atoms with Gasteiger partial charge in [-0.05, 0) is 39.2 Å². The maximum Gasteiger partial charge on any atom is 0.407 e. The highest BCUT2D eigenvalue weighted by Gasteiger charge is 2.46. The molecule has 2 heterocycles. The van der Waals surface area contributed by atoms with E-state index in [0.717, 1.165) is 5.56 Å². The summed E-state index contributed by atoms with van der Waals surface area (Å²) in [4.78, 5) is 17.8. The van der Waals surface area contributed by atoms with E-state index in [1.165, 1.54) is 4.90 Å². The summed E-state index contributed by atoms with van der Waals surface area (Å²) < 4.78 is 48.2. The van der Waals surface area contributed by atoms with Crippen molar-refractivity contribution in [3.63, 3.8) is 0 Å². The molecule has 31 heavy (non-hydrogen) atoms. The minimum Gasteiger partial charge on any atom is -0.444 e. The minimum absolute atomic E-state index is 0.0382. The second-order valence-electron chi connectivity index (χ2n) is 8.86. The van der Waals surface area contributed by atoms with E-state index >= 15 is 0 Å². The number of benzene rings is 1. The molecule has 1 fully saturated rings. The van der Waals surface area contributed by atoms with Gasteiger partial charge < -0.3 is 14.6 Å². The van der Waals surface area contributed by atoms with Crippen molar-refractivity contribution in [1.29, 1.82) is 0 Å². The first-order chi connectivity index (χ1) is 14.5. The van der Waals surface area contributed by atoms with Crippen molar-refractivity contribution in [3.05, 3.63) is 54.1 Å². The number of hydrogen-bond donors (Lipinski definition) is 1. The molecule has 2 unspecified atom stereocenters. The fraction of sp³-hybridized carbons (Fsp3) is 0.545. The van der Waals surface area contributed by atoms with Crippen LogP contribution in [0.15, 0.2) is 42.7 Å². The topological polar surface area (TPSA) is 59.4 Å². The number of carbonyl (C=O) groups is 1. The number of hydrogen-bond acceptors (Lipinski definition) is 4. The number of rotatable bonds is 5. The third-order valence-electron chi connectivity index (χ3n) is 5.12. The molecule has 1 aromatic carbocycles. The number of halogens is 3. The molecule has 0 bridgehead atoms. The maximum absolute atomic E-state index is 13.7. The maximum atomic E-state index is 13.7. The Balaban J connectivity index is 1.72. The van der Waals surface area contributed by atoms with Crippen LogP contribution in [0, 0.1) is 0 Å². The van der Waals surface area contributed by atoms with Crippen LogP contribution in [0.4, 0.5) is 18.0 Å². The number of likely N-dealkylation sites (tertiary alicyclic amines) is 1. The first kappa shape index (κ1) is 23.1. The molecule has 1 N–H and O–H groups in total. The van der Waals surface area contributed by atoms with Crippen LogP contribution in [0.5, 0.6) is 0 Å². The van der Waals surface area contributed by atoms with E-state index in [2.05, 4.69) is 10.3 Å². The number of ether oxygens (including phenoxy) is 1. The van der Waals surface area contributed by atoms with Crippen molar-refractivity contribution in [1.82, 2.24) is 19.8 Å². The van der Waals surface area contributed by atoms with Crippen molar-refractivity contribution in [2.24, 2.45) is 0 Å². The molecule has 170 valence electrons. The van der Waals surface area contributed by atoms with Crippen molar-refractivity contribution >= 4 is 6.09 Å². The summed E-state index contributed by atoms with van der Waals surface area (Å²) in [7, 11) is 0. The number of alkyl halides is 3. The van der Waals surface area contributed by atoms with Crippen LogP contribution in [0.2, 0.25) is 0 Å². The van der Waals surface area contributed by atoms with Crippen LogP contribution >= 0.6 is 0 Å². The number of nitrogens with zero attached hydrogens (tertiary/aromatic N) is 3. The number of piperidine rings is 1. The zero-order chi connectivity index (χ0) is 22.6. The van der Waals surface area contributed by atoms with Gasteiger partial charge in [0.1, 0.15) is 17.5 Å². The zero-order valence-corrected chi connectivity index (χ0v) is 18.0. The molecule has 1 amide bonds. The summed E-state index contributed by atoms with van der Waals surface area (Å²) in [6.45, 7) is 5.86. The minimum atomic E-state index is -4.35. The molecule has 6 nitrogen and oxygen atoms in total. The molecule has 2 atom stereocenters. The van der Waals surface area contributed by atoms with Crippen molar-refractivity contribution < 1.29 is 22.7 Å². The Morgan fingerprint density at radius 2 is 1.87 bits per heavy atom. The molecule has 9 heteroatoms. The first-order valence-electron chi connectivity index (χ1n) is 10.4. The standard InChI is InChI=1S/C22H29F3N4O2/c1-21(2,3)31-20(30)27-17-9-10-18(22(23,24)25)29(14-17)15-19-26-11-12-28(19)13-16-7-5-4-6-8-16/h4-8,11-12,17-18H,9-10,13-15H2,1-3H3,(H,27,30). The average molecular weight is 438 g/mol. The summed E-state index contributed by atoms with van der Waals surface area (Å²) in [6, 6.07) is 7.68. The molecule has 1 aromatic heterocycles. The van der Waals surface area contributed by atoms with Gasteiger partial charge in [0.15, 0.2) is 0 Å². The predicted molar refractivity (Wildman–Crippen MR) is 110 cm³/mol. The van der Waals surface area contributed by atoms with Gasteiger partial charge in [-0.2, -0.15) is 13.2 Å². The number of imidazole rings is 1. The van der Waals surface area contributed by atoms with Gasteiger partial charge in [0.2, 0.25) is 0 Å². The number of carbonyl (C=O) groups excluding carboxylic acids is 1. The molecule has 0 saturated carbocycles. The molecular formula is C22H29F3N4O2. The molecule has 2 aromatic rings. The molecule has 1 aliphatic heterocycles. The lowest BCUT2D eigenvalue weighted by molar-refractivity contribution is -0.194. The Kier molecular flexibility index (Phi) is 6.93.